The molecular weight excluding hydrogens is 236 g/mol. The monoisotopic (exact) mass is 240 g/mol. The van der Waals surface area contributed by atoms with Crippen LogP contribution in [0.2, 0.25) is 0 Å². The molecule has 0 saturated heterocycles. The molecular formula is C7H5F3NOZn-. The smallest absolute Gasteiger partial charge is 0.294 e. The molecule has 0 aliphatic heterocycles. The molecule has 0 amide bonds. The summed E-state index contributed by atoms with van der Waals surface area (Å²) in [5, 5.41) is 8.32. The largest absolute Gasteiger partial charge is 0.372 e. The van der Waals surface area contributed by atoms with Crippen LogP contribution in [-0.2, 0) is 25.7 Å². The van der Waals surface area contributed by atoms with Crippen LogP contribution in [0.5, 0.6) is 0 Å². The zero-order valence-corrected chi connectivity index (χ0v) is 9.49. The van der Waals surface area contributed by atoms with E-state index in [1.54, 1.807) is 0 Å². The van der Waals surface area contributed by atoms with Gasteiger partial charge in [-0.3, -0.25) is 10.7 Å². The van der Waals surface area contributed by atoms with Gasteiger partial charge in [0.25, 0.3) is 0 Å². The number of rotatable bonds is 1. The van der Waals surface area contributed by atoms with E-state index in [4.69, 9.17) is 5.21 Å². The molecule has 1 aromatic rings. The Balaban J connectivity index is 0.00000144. The van der Waals surface area contributed by atoms with Crippen LogP contribution in [-0.4, -0.2) is 5.21 Å². The fraction of sp³-hybridized carbons (Fsp3) is 0.143. The van der Waals surface area contributed by atoms with E-state index in [1.807, 2.05) is 0 Å². The van der Waals surface area contributed by atoms with Crippen LogP contribution in [0.4, 0.5) is 18.9 Å². The summed E-state index contributed by atoms with van der Waals surface area (Å²) < 4.78 is 36.2. The molecule has 0 heterocycles. The van der Waals surface area contributed by atoms with Crippen LogP contribution >= 0.6 is 0 Å². The van der Waals surface area contributed by atoms with Crippen LogP contribution in [0.1, 0.15) is 5.56 Å². The normalized spacial score (nSPS) is 10.5. The number of halogens is 3. The molecule has 0 aromatic heterocycles. The van der Waals surface area contributed by atoms with Gasteiger partial charge in [0.2, 0.25) is 0 Å². The van der Waals surface area contributed by atoms with Gasteiger partial charge in [-0.2, -0.15) is 31.4 Å². The SMILES string of the molecule is ONc1cc[c-]cc1C(F)(F)F.[Zn]. The van der Waals surface area contributed by atoms with Crippen molar-refractivity contribution in [3.8, 4) is 0 Å². The van der Waals surface area contributed by atoms with Gasteiger partial charge in [-0.15, -0.1) is 6.07 Å². The molecule has 2 N–H and O–H groups in total. The van der Waals surface area contributed by atoms with Crippen molar-refractivity contribution in [1.29, 1.82) is 0 Å². The first-order valence-electron chi connectivity index (χ1n) is 3.03. The van der Waals surface area contributed by atoms with Crippen LogP contribution in [0, 0.1) is 6.07 Å². The minimum atomic E-state index is -4.47. The van der Waals surface area contributed by atoms with Gasteiger partial charge in [-0.25, -0.2) is 0 Å². The summed E-state index contributed by atoms with van der Waals surface area (Å²) in [6.07, 6.45) is -4.47. The topological polar surface area (TPSA) is 32.3 Å². The second kappa shape index (κ2) is 4.58. The molecule has 0 spiro atoms. The summed E-state index contributed by atoms with van der Waals surface area (Å²) in [7, 11) is 0. The first-order valence-corrected chi connectivity index (χ1v) is 3.03. The average molecular weight is 242 g/mol. The van der Waals surface area contributed by atoms with E-state index in [2.05, 4.69) is 6.07 Å². The molecule has 6 heteroatoms. The molecule has 68 valence electrons. The quantitative estimate of drug-likeness (QED) is 0.449. The molecule has 0 aliphatic carbocycles. The van der Waals surface area contributed by atoms with E-state index in [9.17, 15) is 13.2 Å². The van der Waals surface area contributed by atoms with Crippen molar-refractivity contribution >= 4 is 5.69 Å². The minimum absolute atomic E-state index is 0. The molecule has 1 rings (SSSR count). The van der Waals surface area contributed by atoms with Crippen molar-refractivity contribution in [2.75, 3.05) is 5.48 Å². The Morgan fingerprint density at radius 1 is 1.38 bits per heavy atom. The number of anilines is 1. The van der Waals surface area contributed by atoms with Crippen molar-refractivity contribution in [2.45, 2.75) is 6.18 Å². The molecule has 2 nitrogen and oxygen atoms in total. The fourth-order valence-electron chi connectivity index (χ4n) is 0.762. The molecule has 0 bridgehead atoms. The zero-order chi connectivity index (χ0) is 9.19. The van der Waals surface area contributed by atoms with E-state index >= 15 is 0 Å². The van der Waals surface area contributed by atoms with Crippen molar-refractivity contribution in [1.82, 2.24) is 0 Å². The molecule has 13 heavy (non-hydrogen) atoms. The maximum Gasteiger partial charge on any atom is 0.372 e. The van der Waals surface area contributed by atoms with E-state index < -0.39 is 11.7 Å². The van der Waals surface area contributed by atoms with Crippen LogP contribution in [0.25, 0.3) is 0 Å². The number of benzene rings is 1. The van der Waals surface area contributed by atoms with Gasteiger partial charge in [-0.05, 0) is 11.3 Å². The van der Waals surface area contributed by atoms with E-state index in [1.165, 1.54) is 11.5 Å². The van der Waals surface area contributed by atoms with Crippen molar-refractivity contribution in [3.63, 3.8) is 0 Å². The molecule has 0 fully saturated rings. The third-order valence-electron chi connectivity index (χ3n) is 1.29. The second-order valence-corrected chi connectivity index (χ2v) is 2.08. The molecule has 1 aromatic carbocycles. The molecule has 0 atom stereocenters. The Bertz CT molecular complexity index is 277. The molecule has 0 unspecified atom stereocenters. The van der Waals surface area contributed by atoms with Crippen LogP contribution < -0.4 is 5.48 Å². The van der Waals surface area contributed by atoms with Crippen molar-refractivity contribution in [3.05, 3.63) is 29.8 Å². The first kappa shape index (κ1) is 12.4. The Hall–Kier alpha value is -0.607. The molecule has 0 radical (unpaired) electrons. The van der Waals surface area contributed by atoms with Gasteiger partial charge in [0.05, 0.1) is 0 Å². The third kappa shape index (κ3) is 2.97. The van der Waals surface area contributed by atoms with Gasteiger partial charge in [0.1, 0.15) is 0 Å². The fourth-order valence-corrected chi connectivity index (χ4v) is 0.762. The Kier molecular flexibility index (Phi) is 4.37. The van der Waals surface area contributed by atoms with Crippen molar-refractivity contribution in [2.24, 2.45) is 0 Å². The summed E-state index contributed by atoms with van der Waals surface area (Å²) in [5.74, 6) is 0. The number of hydrogen-bond donors (Lipinski definition) is 2. The second-order valence-electron chi connectivity index (χ2n) is 2.08. The molecule has 0 aliphatic rings. The standard InChI is InChI=1S/C7H5F3NO.Zn/c8-7(9,10)5-3-1-2-4-6(5)11-12;/h2-4,11-12H;/q-1;. The zero-order valence-electron chi connectivity index (χ0n) is 6.52. The number of alkyl halides is 3. The number of nitrogens with one attached hydrogen (secondary N) is 1. The Morgan fingerprint density at radius 2 is 2.00 bits per heavy atom. The average Bonchev–Trinajstić information content (AvgIpc) is 2.03. The van der Waals surface area contributed by atoms with Gasteiger partial charge in [-0.1, -0.05) is 0 Å². The summed E-state index contributed by atoms with van der Waals surface area (Å²) >= 11 is 0. The Labute approximate surface area is 85.5 Å². The third-order valence-corrected chi connectivity index (χ3v) is 1.29. The van der Waals surface area contributed by atoms with Gasteiger partial charge in [0, 0.05) is 19.5 Å². The van der Waals surface area contributed by atoms with Crippen LogP contribution in [0.3, 0.4) is 0 Å². The predicted molar refractivity (Wildman–Crippen MR) is 35.7 cm³/mol. The maximum absolute atomic E-state index is 12.1. The predicted octanol–water partition coefficient (Wildman–Crippen LogP) is 2.30. The minimum Gasteiger partial charge on any atom is -0.294 e. The van der Waals surface area contributed by atoms with E-state index in [-0.39, 0.29) is 25.2 Å². The summed E-state index contributed by atoms with van der Waals surface area (Å²) in [6, 6.07) is 5.39. The van der Waals surface area contributed by atoms with E-state index in [0.717, 1.165) is 12.1 Å². The summed E-state index contributed by atoms with van der Waals surface area (Å²) in [6.45, 7) is 0. The summed E-state index contributed by atoms with van der Waals surface area (Å²) in [4.78, 5) is 0. The van der Waals surface area contributed by atoms with Gasteiger partial charge in [0.15, 0.2) is 0 Å². The first-order chi connectivity index (χ1) is 5.55. The Morgan fingerprint density at radius 3 is 2.38 bits per heavy atom. The van der Waals surface area contributed by atoms with Gasteiger partial charge >= 0.3 is 6.18 Å². The van der Waals surface area contributed by atoms with Crippen molar-refractivity contribution < 1.29 is 37.9 Å². The van der Waals surface area contributed by atoms with Crippen LogP contribution in [0.15, 0.2) is 18.2 Å². The van der Waals surface area contributed by atoms with Gasteiger partial charge < -0.3 is 0 Å². The summed E-state index contributed by atoms with van der Waals surface area (Å²) in [5.41, 5.74) is 0.151. The molecule has 0 saturated carbocycles. The van der Waals surface area contributed by atoms with E-state index in [0.29, 0.717) is 0 Å². The maximum atomic E-state index is 12.1. The number of hydrogen-bond acceptors (Lipinski definition) is 2.